The molecular weight excluding hydrogens is 281 g/mol. The molecule has 6 heteroatoms. The molecule has 116 valence electrons. The van der Waals surface area contributed by atoms with E-state index in [1.54, 1.807) is 0 Å². The Morgan fingerprint density at radius 2 is 2.00 bits per heavy atom. The van der Waals surface area contributed by atoms with Crippen molar-refractivity contribution in [2.75, 3.05) is 25.0 Å². The molecule has 21 heavy (non-hydrogen) atoms. The third-order valence-corrected chi connectivity index (χ3v) is 3.77. The summed E-state index contributed by atoms with van der Waals surface area (Å²) in [6.07, 6.45) is -2.04. The molecule has 1 aliphatic rings. The fourth-order valence-corrected chi connectivity index (χ4v) is 2.73. The summed E-state index contributed by atoms with van der Waals surface area (Å²) in [6, 6.07) is 4.53. The number of amides is 1. The van der Waals surface area contributed by atoms with E-state index in [-0.39, 0.29) is 5.91 Å². The van der Waals surface area contributed by atoms with E-state index in [9.17, 15) is 18.0 Å². The van der Waals surface area contributed by atoms with Crippen LogP contribution in [0.2, 0.25) is 0 Å². The second kappa shape index (κ2) is 6.47. The molecule has 1 amide bonds. The van der Waals surface area contributed by atoms with Crippen LogP contribution in [0.25, 0.3) is 0 Å². The van der Waals surface area contributed by atoms with Crippen molar-refractivity contribution in [3.8, 4) is 0 Å². The molecule has 1 saturated heterocycles. The molecule has 0 aromatic heterocycles. The van der Waals surface area contributed by atoms with Gasteiger partial charge in [-0.15, -0.1) is 0 Å². The zero-order valence-corrected chi connectivity index (χ0v) is 12.0. The zero-order chi connectivity index (χ0) is 15.5. The van der Waals surface area contributed by atoms with E-state index in [0.717, 1.165) is 31.6 Å². The topological polar surface area (TPSA) is 33.5 Å². The first kappa shape index (κ1) is 15.8. The minimum Gasteiger partial charge on any atom is -0.327 e. The van der Waals surface area contributed by atoms with Gasteiger partial charge in [0.25, 0.3) is 5.91 Å². The molecule has 1 heterocycles. The average molecular weight is 301 g/mol. The number of hydrogen-bond donors (Lipinski definition) is 2. The Bertz CT molecular complexity index is 485. The number of likely N-dealkylation sites (tertiary alicyclic amines) is 1. The van der Waals surface area contributed by atoms with Crippen molar-refractivity contribution in [3.05, 3.63) is 29.8 Å². The molecule has 0 bridgehead atoms. The summed E-state index contributed by atoms with van der Waals surface area (Å²) < 4.78 is 37.3. The number of benzene rings is 1. The molecule has 1 aromatic rings. The Hall–Kier alpha value is -1.56. The predicted molar refractivity (Wildman–Crippen MR) is 74.0 cm³/mol. The van der Waals surface area contributed by atoms with Gasteiger partial charge in [-0.1, -0.05) is 6.92 Å². The van der Waals surface area contributed by atoms with E-state index in [1.165, 1.54) is 23.5 Å². The summed E-state index contributed by atoms with van der Waals surface area (Å²) in [5, 5.41) is 2.66. The molecule has 2 rings (SSSR count). The van der Waals surface area contributed by atoms with Crippen molar-refractivity contribution in [3.63, 3.8) is 0 Å². The van der Waals surface area contributed by atoms with Crippen molar-refractivity contribution < 1.29 is 22.9 Å². The summed E-state index contributed by atoms with van der Waals surface area (Å²) in [5.41, 5.74) is -0.312. The van der Waals surface area contributed by atoms with Crippen LogP contribution in [0.5, 0.6) is 0 Å². The van der Waals surface area contributed by atoms with Gasteiger partial charge in [0.2, 0.25) is 0 Å². The molecule has 0 spiro atoms. The molecule has 0 aliphatic carbocycles. The van der Waals surface area contributed by atoms with Crippen LogP contribution in [0.4, 0.5) is 18.9 Å². The highest BCUT2D eigenvalue weighted by Crippen LogP contribution is 2.29. The lowest BCUT2D eigenvalue weighted by molar-refractivity contribution is -0.900. The first-order chi connectivity index (χ1) is 9.84. The van der Waals surface area contributed by atoms with Gasteiger partial charge in [0, 0.05) is 11.6 Å². The van der Waals surface area contributed by atoms with E-state index in [4.69, 9.17) is 0 Å². The standard InChI is InChI=1S/C15H19F3N2O/c1-11-3-2-8-20(9-11)10-14(21)19-13-6-4-12(5-7-13)15(16,17)18/h4-7,11H,2-3,8-10H2,1H3,(H,19,21)/p+1/t11-/m1/s1. The molecule has 2 N–H and O–H groups in total. The number of anilines is 1. The molecule has 0 saturated carbocycles. The maximum Gasteiger partial charge on any atom is 0.416 e. The molecule has 1 aliphatic heterocycles. The van der Waals surface area contributed by atoms with Crippen LogP contribution in [0.15, 0.2) is 24.3 Å². The van der Waals surface area contributed by atoms with Gasteiger partial charge in [0.15, 0.2) is 6.54 Å². The van der Waals surface area contributed by atoms with Crippen LogP contribution in [0.3, 0.4) is 0 Å². The largest absolute Gasteiger partial charge is 0.416 e. The maximum absolute atomic E-state index is 12.4. The number of nitrogens with one attached hydrogen (secondary N) is 2. The summed E-state index contributed by atoms with van der Waals surface area (Å²) in [5.74, 6) is 0.464. The van der Waals surface area contributed by atoms with Crippen LogP contribution < -0.4 is 10.2 Å². The highest BCUT2D eigenvalue weighted by molar-refractivity contribution is 5.91. The highest BCUT2D eigenvalue weighted by atomic mass is 19.4. The van der Waals surface area contributed by atoms with Gasteiger partial charge in [-0.2, -0.15) is 13.2 Å². The summed E-state index contributed by atoms with van der Waals surface area (Å²) >= 11 is 0. The Labute approximate surface area is 122 Å². The summed E-state index contributed by atoms with van der Waals surface area (Å²) in [7, 11) is 0. The van der Waals surface area contributed by atoms with E-state index in [1.807, 2.05) is 0 Å². The smallest absolute Gasteiger partial charge is 0.327 e. The number of carbonyl (C=O) groups excluding carboxylic acids is 1. The number of quaternary nitrogens is 1. The van der Waals surface area contributed by atoms with Gasteiger partial charge in [-0.05, 0) is 37.1 Å². The van der Waals surface area contributed by atoms with Crippen molar-refractivity contribution >= 4 is 11.6 Å². The van der Waals surface area contributed by atoms with Crippen LogP contribution in [0, 0.1) is 5.92 Å². The van der Waals surface area contributed by atoms with Gasteiger partial charge in [0.1, 0.15) is 0 Å². The molecule has 1 aromatic carbocycles. The second-order valence-electron chi connectivity index (χ2n) is 5.75. The lowest BCUT2D eigenvalue weighted by atomic mass is 10.0. The minimum atomic E-state index is -4.35. The normalized spacial score (nSPS) is 22.9. The van der Waals surface area contributed by atoms with Gasteiger partial charge < -0.3 is 10.2 Å². The van der Waals surface area contributed by atoms with Gasteiger partial charge in [0.05, 0.1) is 18.7 Å². The van der Waals surface area contributed by atoms with Gasteiger partial charge in [-0.3, -0.25) is 4.79 Å². The lowest BCUT2D eigenvalue weighted by Crippen LogP contribution is -3.14. The number of rotatable bonds is 3. The fourth-order valence-electron chi connectivity index (χ4n) is 2.73. The number of piperidine rings is 1. The van der Waals surface area contributed by atoms with Crippen LogP contribution in [0.1, 0.15) is 25.3 Å². The molecular formula is C15H20F3N2O+. The number of hydrogen-bond acceptors (Lipinski definition) is 1. The van der Waals surface area contributed by atoms with E-state index in [2.05, 4.69) is 12.2 Å². The van der Waals surface area contributed by atoms with Gasteiger partial charge in [-0.25, -0.2) is 0 Å². The summed E-state index contributed by atoms with van der Waals surface area (Å²) in [4.78, 5) is 13.1. The van der Waals surface area contributed by atoms with Gasteiger partial charge >= 0.3 is 6.18 Å². The first-order valence-corrected chi connectivity index (χ1v) is 7.15. The second-order valence-corrected chi connectivity index (χ2v) is 5.75. The molecule has 3 nitrogen and oxygen atoms in total. The monoisotopic (exact) mass is 301 g/mol. The highest BCUT2D eigenvalue weighted by Gasteiger charge is 2.30. The van der Waals surface area contributed by atoms with Crippen molar-refractivity contribution in [2.24, 2.45) is 5.92 Å². The Balaban J connectivity index is 1.87. The third-order valence-electron chi connectivity index (χ3n) is 3.77. The van der Waals surface area contributed by atoms with E-state index >= 15 is 0 Å². The number of alkyl halides is 3. The quantitative estimate of drug-likeness (QED) is 0.879. The first-order valence-electron chi connectivity index (χ1n) is 7.15. The molecule has 2 atom stereocenters. The van der Waals surface area contributed by atoms with Crippen molar-refractivity contribution in [2.45, 2.75) is 25.9 Å². The zero-order valence-electron chi connectivity index (χ0n) is 12.0. The molecule has 1 unspecified atom stereocenters. The Morgan fingerprint density at radius 3 is 2.57 bits per heavy atom. The predicted octanol–water partition coefficient (Wildman–Crippen LogP) is 1.96. The number of carbonyl (C=O) groups is 1. The Kier molecular flexibility index (Phi) is 4.88. The fraction of sp³-hybridized carbons (Fsp3) is 0.533. The van der Waals surface area contributed by atoms with Crippen LogP contribution >= 0.6 is 0 Å². The average Bonchev–Trinajstić information content (AvgIpc) is 2.38. The van der Waals surface area contributed by atoms with Crippen molar-refractivity contribution in [1.29, 1.82) is 0 Å². The Morgan fingerprint density at radius 1 is 1.33 bits per heavy atom. The van der Waals surface area contributed by atoms with E-state index in [0.29, 0.717) is 18.2 Å². The minimum absolute atomic E-state index is 0.154. The lowest BCUT2D eigenvalue weighted by Gasteiger charge is -2.27. The SMILES string of the molecule is C[C@@H]1CCC[NH+](CC(=O)Nc2ccc(C(F)(F)F)cc2)C1. The van der Waals surface area contributed by atoms with Crippen LogP contribution in [-0.4, -0.2) is 25.5 Å². The summed E-state index contributed by atoms with van der Waals surface area (Å²) in [6.45, 7) is 4.49. The van der Waals surface area contributed by atoms with Crippen LogP contribution in [-0.2, 0) is 11.0 Å². The number of halogens is 3. The molecule has 1 fully saturated rings. The van der Waals surface area contributed by atoms with Crippen molar-refractivity contribution in [1.82, 2.24) is 0 Å². The third kappa shape index (κ3) is 4.74. The van der Waals surface area contributed by atoms with E-state index < -0.39 is 11.7 Å². The maximum atomic E-state index is 12.4. The molecule has 0 radical (unpaired) electrons.